The van der Waals surface area contributed by atoms with E-state index in [1.165, 1.54) is 6.42 Å². The van der Waals surface area contributed by atoms with Crippen LogP contribution in [-0.2, 0) is 0 Å². The standard InChI is InChI=1S/C18H26FNO/c1-12-8-7-9-13(16(12)19)17(21)20-15-11-6-5-10-14(15)18(2,3)4/h7-9,14-15H,5-6,10-11H2,1-4H3,(H,20,21). The van der Waals surface area contributed by atoms with Crippen molar-refractivity contribution in [2.24, 2.45) is 11.3 Å². The van der Waals surface area contributed by atoms with Crippen LogP contribution in [0.4, 0.5) is 4.39 Å². The molecular weight excluding hydrogens is 265 g/mol. The van der Waals surface area contributed by atoms with E-state index < -0.39 is 5.82 Å². The third-order valence-corrected chi connectivity index (χ3v) is 4.63. The van der Waals surface area contributed by atoms with Gasteiger partial charge in [0.1, 0.15) is 5.82 Å². The molecule has 0 heterocycles. The third-order valence-electron chi connectivity index (χ3n) is 4.63. The molecule has 0 aromatic heterocycles. The lowest BCUT2D eigenvalue weighted by Gasteiger charge is -2.40. The lowest BCUT2D eigenvalue weighted by molar-refractivity contribution is 0.0826. The van der Waals surface area contributed by atoms with Crippen LogP contribution in [0.1, 0.15) is 62.4 Å². The Bertz CT molecular complexity index is 518. The maximum absolute atomic E-state index is 14.1. The average Bonchev–Trinajstić information content (AvgIpc) is 2.41. The zero-order valence-corrected chi connectivity index (χ0v) is 13.5. The molecule has 0 radical (unpaired) electrons. The summed E-state index contributed by atoms with van der Waals surface area (Å²) in [5.74, 6) is -0.237. The van der Waals surface area contributed by atoms with Crippen molar-refractivity contribution in [3.8, 4) is 0 Å². The second kappa shape index (κ2) is 6.17. The van der Waals surface area contributed by atoms with Crippen LogP contribution in [-0.4, -0.2) is 11.9 Å². The van der Waals surface area contributed by atoms with Crippen molar-refractivity contribution < 1.29 is 9.18 Å². The largest absolute Gasteiger partial charge is 0.349 e. The first kappa shape index (κ1) is 16.0. The molecule has 1 aromatic carbocycles. The fraction of sp³-hybridized carbons (Fsp3) is 0.611. The van der Waals surface area contributed by atoms with Gasteiger partial charge in [-0.25, -0.2) is 4.39 Å². The SMILES string of the molecule is Cc1cccc(C(=O)NC2CCCCC2C(C)(C)C)c1F. The van der Waals surface area contributed by atoms with Gasteiger partial charge < -0.3 is 5.32 Å². The molecule has 1 aromatic rings. The first-order valence-corrected chi connectivity index (χ1v) is 7.86. The van der Waals surface area contributed by atoms with Gasteiger partial charge in [0.2, 0.25) is 0 Å². The molecule has 1 fully saturated rings. The number of nitrogens with one attached hydrogen (secondary N) is 1. The second-order valence-corrected chi connectivity index (χ2v) is 7.27. The molecule has 2 rings (SSSR count). The summed E-state index contributed by atoms with van der Waals surface area (Å²) in [6.07, 6.45) is 4.47. The highest BCUT2D eigenvalue weighted by Gasteiger charge is 2.35. The molecule has 0 spiro atoms. The molecule has 1 N–H and O–H groups in total. The molecule has 1 amide bonds. The predicted octanol–water partition coefficient (Wildman–Crippen LogP) is 4.47. The van der Waals surface area contributed by atoms with Gasteiger partial charge in [-0.3, -0.25) is 4.79 Å². The van der Waals surface area contributed by atoms with Gasteiger partial charge in [0.05, 0.1) is 5.56 Å². The lowest BCUT2D eigenvalue weighted by atomic mass is 9.69. The molecule has 3 heteroatoms. The summed E-state index contributed by atoms with van der Waals surface area (Å²) in [7, 11) is 0. The fourth-order valence-electron chi connectivity index (χ4n) is 3.41. The van der Waals surface area contributed by atoms with E-state index >= 15 is 0 Å². The first-order valence-electron chi connectivity index (χ1n) is 7.86. The minimum atomic E-state index is -0.405. The van der Waals surface area contributed by atoms with E-state index in [2.05, 4.69) is 26.1 Å². The minimum Gasteiger partial charge on any atom is -0.349 e. The van der Waals surface area contributed by atoms with Crippen molar-refractivity contribution in [1.82, 2.24) is 5.32 Å². The van der Waals surface area contributed by atoms with Crippen LogP contribution in [0.25, 0.3) is 0 Å². The molecule has 1 aliphatic rings. The maximum atomic E-state index is 14.1. The Morgan fingerprint density at radius 1 is 1.24 bits per heavy atom. The van der Waals surface area contributed by atoms with E-state index in [0.29, 0.717) is 11.5 Å². The normalized spacial score (nSPS) is 22.9. The highest BCUT2D eigenvalue weighted by atomic mass is 19.1. The second-order valence-electron chi connectivity index (χ2n) is 7.27. The fourth-order valence-corrected chi connectivity index (χ4v) is 3.41. The first-order chi connectivity index (χ1) is 9.80. The van der Waals surface area contributed by atoms with Gasteiger partial charge in [-0.05, 0) is 42.7 Å². The molecule has 2 atom stereocenters. The molecule has 0 bridgehead atoms. The molecule has 2 unspecified atom stereocenters. The van der Waals surface area contributed by atoms with Crippen LogP contribution >= 0.6 is 0 Å². The lowest BCUT2D eigenvalue weighted by Crippen LogP contribution is -2.46. The molecule has 0 saturated heterocycles. The van der Waals surface area contributed by atoms with E-state index in [1.807, 2.05) is 0 Å². The number of hydrogen-bond acceptors (Lipinski definition) is 1. The molecule has 1 aliphatic carbocycles. The summed E-state index contributed by atoms with van der Waals surface area (Å²) >= 11 is 0. The quantitative estimate of drug-likeness (QED) is 0.856. The summed E-state index contributed by atoms with van der Waals surface area (Å²) in [4.78, 5) is 12.4. The third kappa shape index (κ3) is 3.63. The van der Waals surface area contributed by atoms with Crippen LogP contribution in [0.5, 0.6) is 0 Å². The van der Waals surface area contributed by atoms with E-state index in [-0.39, 0.29) is 22.9 Å². The van der Waals surface area contributed by atoms with E-state index in [4.69, 9.17) is 0 Å². The zero-order chi connectivity index (χ0) is 15.6. The number of rotatable bonds is 2. The smallest absolute Gasteiger partial charge is 0.254 e. The Balaban J connectivity index is 2.15. The van der Waals surface area contributed by atoms with Crippen LogP contribution in [0.2, 0.25) is 0 Å². The number of carbonyl (C=O) groups excluding carboxylic acids is 1. The Morgan fingerprint density at radius 2 is 1.90 bits per heavy atom. The molecule has 0 aliphatic heterocycles. The number of benzene rings is 1. The molecule has 1 saturated carbocycles. The zero-order valence-electron chi connectivity index (χ0n) is 13.5. The summed E-state index contributed by atoms with van der Waals surface area (Å²) in [6.45, 7) is 8.34. The number of hydrogen-bond donors (Lipinski definition) is 1. The number of carbonyl (C=O) groups is 1. The van der Waals surface area contributed by atoms with Crippen molar-refractivity contribution in [1.29, 1.82) is 0 Å². The van der Waals surface area contributed by atoms with Crippen molar-refractivity contribution in [2.45, 2.75) is 59.4 Å². The summed E-state index contributed by atoms with van der Waals surface area (Å²) in [5.41, 5.74) is 0.829. The number of aryl methyl sites for hydroxylation is 1. The van der Waals surface area contributed by atoms with Crippen molar-refractivity contribution >= 4 is 5.91 Å². The van der Waals surface area contributed by atoms with Gasteiger partial charge in [-0.2, -0.15) is 0 Å². The molecule has 2 nitrogen and oxygen atoms in total. The minimum absolute atomic E-state index is 0.145. The van der Waals surface area contributed by atoms with E-state index in [0.717, 1.165) is 19.3 Å². The van der Waals surface area contributed by atoms with Crippen LogP contribution in [0.15, 0.2) is 18.2 Å². The summed E-state index contributed by atoms with van der Waals surface area (Å²) in [5, 5.41) is 3.08. The van der Waals surface area contributed by atoms with Gasteiger partial charge in [0, 0.05) is 6.04 Å². The van der Waals surface area contributed by atoms with Gasteiger partial charge >= 0.3 is 0 Å². The Labute approximate surface area is 127 Å². The number of amides is 1. The Morgan fingerprint density at radius 3 is 2.57 bits per heavy atom. The number of halogens is 1. The van der Waals surface area contributed by atoms with E-state index in [9.17, 15) is 9.18 Å². The maximum Gasteiger partial charge on any atom is 0.254 e. The molecule has 21 heavy (non-hydrogen) atoms. The predicted molar refractivity (Wildman–Crippen MR) is 83.8 cm³/mol. The van der Waals surface area contributed by atoms with Gasteiger partial charge in [-0.15, -0.1) is 0 Å². The van der Waals surface area contributed by atoms with Crippen molar-refractivity contribution in [2.75, 3.05) is 0 Å². The highest BCUT2D eigenvalue weighted by molar-refractivity contribution is 5.94. The van der Waals surface area contributed by atoms with Crippen LogP contribution in [0, 0.1) is 24.1 Å². The summed E-state index contributed by atoms with van der Waals surface area (Å²) < 4.78 is 14.1. The average molecular weight is 291 g/mol. The topological polar surface area (TPSA) is 29.1 Å². The summed E-state index contributed by atoms with van der Waals surface area (Å²) in [6, 6.07) is 5.12. The van der Waals surface area contributed by atoms with Gasteiger partial charge in [-0.1, -0.05) is 45.7 Å². The Kier molecular flexibility index (Phi) is 4.70. The van der Waals surface area contributed by atoms with E-state index in [1.54, 1.807) is 25.1 Å². The van der Waals surface area contributed by atoms with Crippen LogP contribution in [0.3, 0.4) is 0 Å². The van der Waals surface area contributed by atoms with Crippen molar-refractivity contribution in [3.63, 3.8) is 0 Å². The highest BCUT2D eigenvalue weighted by Crippen LogP contribution is 2.38. The molecular formula is C18H26FNO. The monoisotopic (exact) mass is 291 g/mol. The van der Waals surface area contributed by atoms with Crippen LogP contribution < -0.4 is 5.32 Å². The molecule has 116 valence electrons. The van der Waals surface area contributed by atoms with Gasteiger partial charge in [0.15, 0.2) is 0 Å². The van der Waals surface area contributed by atoms with Crippen molar-refractivity contribution in [3.05, 3.63) is 35.1 Å². The van der Waals surface area contributed by atoms with Gasteiger partial charge in [0.25, 0.3) is 5.91 Å². The Hall–Kier alpha value is -1.38.